The van der Waals surface area contributed by atoms with E-state index in [9.17, 15) is 14.7 Å². The number of carbonyl (C=O) groups is 2. The zero-order valence-corrected chi connectivity index (χ0v) is 15.8. The van der Waals surface area contributed by atoms with Gasteiger partial charge < -0.3 is 15.2 Å². The average molecular weight is 381 g/mol. The molecule has 0 aromatic heterocycles. The number of nitrogens with zero attached hydrogens (tertiary/aromatic N) is 1. The van der Waals surface area contributed by atoms with Crippen LogP contribution in [0.25, 0.3) is 0 Å². The summed E-state index contributed by atoms with van der Waals surface area (Å²) < 4.78 is 5.13. The molecule has 0 aliphatic carbocycles. The first-order chi connectivity index (χ1) is 13.5. The van der Waals surface area contributed by atoms with Crippen molar-refractivity contribution in [3.8, 4) is 11.5 Å². The van der Waals surface area contributed by atoms with Crippen LogP contribution in [0.2, 0.25) is 0 Å². The summed E-state index contributed by atoms with van der Waals surface area (Å²) in [4.78, 5) is 23.9. The van der Waals surface area contributed by atoms with Crippen molar-refractivity contribution < 1.29 is 19.4 Å². The van der Waals surface area contributed by atoms with Crippen LogP contribution in [0.5, 0.6) is 11.5 Å². The zero-order chi connectivity index (χ0) is 20.5. The number of hydrazone groups is 1. The lowest BCUT2D eigenvalue weighted by atomic mass is 10.1. The predicted octanol–water partition coefficient (Wildman–Crippen LogP) is 2.46. The number of aromatic hydroxyl groups is 1. The van der Waals surface area contributed by atoms with E-state index >= 15 is 0 Å². The third-order valence-corrected chi connectivity index (χ3v) is 3.99. The molecule has 0 aliphatic heterocycles. The first kappa shape index (κ1) is 20.7. The van der Waals surface area contributed by atoms with E-state index in [4.69, 9.17) is 4.74 Å². The van der Waals surface area contributed by atoms with Gasteiger partial charge in [0, 0.05) is 5.56 Å². The Balaban J connectivity index is 1.99. The van der Waals surface area contributed by atoms with E-state index in [0.29, 0.717) is 17.5 Å². The maximum atomic E-state index is 12.0. The lowest BCUT2D eigenvalue weighted by Crippen LogP contribution is -2.39. The minimum Gasteiger partial charge on any atom is -0.504 e. The largest absolute Gasteiger partial charge is 0.504 e. The quantitative estimate of drug-likeness (QED) is 0.297. The summed E-state index contributed by atoms with van der Waals surface area (Å²) in [5.41, 5.74) is 4.27. The molecule has 0 saturated carbocycles. The summed E-state index contributed by atoms with van der Waals surface area (Å²) in [6, 6.07) is 12.2. The van der Waals surface area contributed by atoms with Crippen molar-refractivity contribution in [1.29, 1.82) is 0 Å². The number of phenols is 1. The molecule has 0 radical (unpaired) electrons. The number of amides is 2. The molecule has 28 heavy (non-hydrogen) atoms. The molecule has 1 atom stereocenters. The highest BCUT2D eigenvalue weighted by atomic mass is 16.5. The van der Waals surface area contributed by atoms with Crippen LogP contribution in [0, 0.1) is 0 Å². The van der Waals surface area contributed by atoms with E-state index in [1.807, 2.05) is 30.3 Å². The van der Waals surface area contributed by atoms with Crippen molar-refractivity contribution in [1.82, 2.24) is 10.7 Å². The van der Waals surface area contributed by atoms with Crippen LogP contribution in [0.1, 0.15) is 29.7 Å². The summed E-state index contributed by atoms with van der Waals surface area (Å²) in [6.45, 7) is 5.43. The first-order valence-corrected chi connectivity index (χ1v) is 8.65. The van der Waals surface area contributed by atoms with Gasteiger partial charge in [0.15, 0.2) is 11.5 Å². The smallest absolute Gasteiger partial charge is 0.329 e. The standard InChI is InChI=1S/C21H23N3O4/c1-4-8-17-11-15(12-18(28-3)19(17)25)13-22-24-21(27)20(26)23-14(2)16-9-6-5-7-10-16/h4-7,9-14,25H,1,8H2,2-3H3,(H,23,26)(H,24,27)/b22-13+/t14-/m1/s1. The number of hydrogen-bond acceptors (Lipinski definition) is 5. The number of nitrogens with one attached hydrogen (secondary N) is 2. The minimum absolute atomic E-state index is 0.0258. The van der Waals surface area contributed by atoms with E-state index in [0.717, 1.165) is 5.56 Å². The van der Waals surface area contributed by atoms with Crippen LogP contribution in [-0.4, -0.2) is 30.2 Å². The normalized spacial score (nSPS) is 11.6. The highest BCUT2D eigenvalue weighted by molar-refractivity contribution is 6.35. The van der Waals surface area contributed by atoms with Gasteiger partial charge in [0.2, 0.25) is 0 Å². The molecule has 2 amide bonds. The number of ether oxygens (including phenoxy) is 1. The van der Waals surface area contributed by atoms with Crippen LogP contribution in [0.3, 0.4) is 0 Å². The van der Waals surface area contributed by atoms with Crippen molar-refractivity contribution >= 4 is 18.0 Å². The lowest BCUT2D eigenvalue weighted by Gasteiger charge is -2.13. The molecule has 146 valence electrons. The summed E-state index contributed by atoms with van der Waals surface area (Å²) in [5, 5.41) is 16.5. The highest BCUT2D eigenvalue weighted by Crippen LogP contribution is 2.31. The molecule has 0 spiro atoms. The number of hydrogen-bond donors (Lipinski definition) is 3. The number of rotatable bonds is 7. The van der Waals surface area contributed by atoms with Crippen molar-refractivity contribution in [3.05, 3.63) is 71.8 Å². The number of methoxy groups -OCH3 is 1. The van der Waals surface area contributed by atoms with Gasteiger partial charge in [0.05, 0.1) is 19.4 Å². The Morgan fingerprint density at radius 3 is 2.61 bits per heavy atom. The van der Waals surface area contributed by atoms with E-state index in [-0.39, 0.29) is 17.5 Å². The van der Waals surface area contributed by atoms with Gasteiger partial charge in [-0.3, -0.25) is 9.59 Å². The van der Waals surface area contributed by atoms with Gasteiger partial charge in [-0.05, 0) is 36.6 Å². The third kappa shape index (κ3) is 5.44. The van der Waals surface area contributed by atoms with E-state index in [1.54, 1.807) is 25.1 Å². The second-order valence-electron chi connectivity index (χ2n) is 6.03. The summed E-state index contributed by atoms with van der Waals surface area (Å²) in [6.07, 6.45) is 3.45. The molecule has 2 aromatic rings. The molecule has 0 heterocycles. The van der Waals surface area contributed by atoms with Crippen LogP contribution in [-0.2, 0) is 16.0 Å². The van der Waals surface area contributed by atoms with Crippen LogP contribution < -0.4 is 15.5 Å². The molecule has 2 rings (SSSR count). The average Bonchev–Trinajstić information content (AvgIpc) is 2.70. The number of allylic oxidation sites excluding steroid dienone is 1. The molecular weight excluding hydrogens is 358 g/mol. The Morgan fingerprint density at radius 1 is 1.25 bits per heavy atom. The van der Waals surface area contributed by atoms with Gasteiger partial charge in [-0.25, -0.2) is 5.43 Å². The molecule has 3 N–H and O–H groups in total. The van der Waals surface area contributed by atoms with Crippen LogP contribution in [0.15, 0.2) is 60.2 Å². The molecule has 0 saturated heterocycles. The molecule has 0 aliphatic rings. The second-order valence-corrected chi connectivity index (χ2v) is 6.03. The Morgan fingerprint density at radius 2 is 1.96 bits per heavy atom. The molecule has 7 nitrogen and oxygen atoms in total. The summed E-state index contributed by atoms with van der Waals surface area (Å²) in [7, 11) is 1.44. The SMILES string of the molecule is C=CCc1cc(/C=N/NC(=O)C(=O)N[C@H](C)c2ccccc2)cc(OC)c1O. The fraction of sp³-hybridized carbons (Fsp3) is 0.190. The maximum Gasteiger partial charge on any atom is 0.329 e. The van der Waals surface area contributed by atoms with Gasteiger partial charge in [-0.15, -0.1) is 6.58 Å². The Labute approximate surface area is 163 Å². The van der Waals surface area contributed by atoms with E-state index in [1.165, 1.54) is 13.3 Å². The highest BCUT2D eigenvalue weighted by Gasteiger charge is 2.16. The topological polar surface area (TPSA) is 100 Å². The van der Waals surface area contributed by atoms with Gasteiger partial charge >= 0.3 is 11.8 Å². The fourth-order valence-corrected chi connectivity index (χ4v) is 2.53. The molecule has 0 bridgehead atoms. The molecule has 2 aromatic carbocycles. The van der Waals surface area contributed by atoms with Gasteiger partial charge in [-0.1, -0.05) is 36.4 Å². The summed E-state index contributed by atoms with van der Waals surface area (Å²) in [5.74, 6) is -1.36. The number of carbonyl (C=O) groups excluding carboxylic acids is 2. The van der Waals surface area contributed by atoms with Gasteiger partial charge in [0.1, 0.15) is 0 Å². The Bertz CT molecular complexity index is 879. The van der Waals surface area contributed by atoms with Crippen LogP contribution in [0.4, 0.5) is 0 Å². The summed E-state index contributed by atoms with van der Waals surface area (Å²) >= 11 is 0. The number of benzene rings is 2. The Kier molecular flexibility index (Phi) is 7.33. The van der Waals surface area contributed by atoms with Crippen molar-refractivity contribution in [3.63, 3.8) is 0 Å². The van der Waals surface area contributed by atoms with Crippen molar-refractivity contribution in [2.45, 2.75) is 19.4 Å². The van der Waals surface area contributed by atoms with Gasteiger partial charge in [-0.2, -0.15) is 5.10 Å². The minimum atomic E-state index is -0.879. The van der Waals surface area contributed by atoms with Crippen LogP contribution >= 0.6 is 0 Å². The Hall–Kier alpha value is -3.61. The molecular formula is C21H23N3O4. The lowest BCUT2D eigenvalue weighted by molar-refractivity contribution is -0.139. The van der Waals surface area contributed by atoms with Gasteiger partial charge in [0.25, 0.3) is 0 Å². The first-order valence-electron chi connectivity index (χ1n) is 8.65. The van der Waals surface area contributed by atoms with E-state index in [2.05, 4.69) is 22.4 Å². The maximum absolute atomic E-state index is 12.0. The van der Waals surface area contributed by atoms with Crippen molar-refractivity contribution in [2.24, 2.45) is 5.10 Å². The van der Waals surface area contributed by atoms with E-state index < -0.39 is 11.8 Å². The molecule has 0 unspecified atom stereocenters. The monoisotopic (exact) mass is 381 g/mol. The second kappa shape index (κ2) is 9.91. The van der Waals surface area contributed by atoms with Crippen molar-refractivity contribution in [2.75, 3.05) is 7.11 Å². The third-order valence-electron chi connectivity index (χ3n) is 3.99. The molecule has 7 heteroatoms. The predicted molar refractivity (Wildman–Crippen MR) is 107 cm³/mol. The number of phenolic OH excluding ortho intramolecular Hbond substituents is 1. The molecule has 0 fully saturated rings. The zero-order valence-electron chi connectivity index (χ0n) is 15.8. The fourth-order valence-electron chi connectivity index (χ4n) is 2.53.